The summed E-state index contributed by atoms with van der Waals surface area (Å²) < 4.78 is 5.12. The van der Waals surface area contributed by atoms with Crippen LogP contribution in [-0.2, 0) is 11.3 Å². The van der Waals surface area contributed by atoms with Gasteiger partial charge in [-0.2, -0.15) is 0 Å². The maximum absolute atomic E-state index is 11.6. The van der Waals surface area contributed by atoms with Crippen LogP contribution in [-0.4, -0.2) is 36.4 Å². The molecular formula is C15H22N2O3. The summed E-state index contributed by atoms with van der Waals surface area (Å²) in [6.45, 7) is 2.17. The molecule has 1 saturated heterocycles. The Kier molecular flexibility index (Phi) is 5.38. The number of amides is 1. The van der Waals surface area contributed by atoms with Crippen LogP contribution in [0.15, 0.2) is 30.3 Å². The largest absolute Gasteiger partial charge is 0.445 e. The average Bonchev–Trinajstić information content (AvgIpc) is 2.69. The van der Waals surface area contributed by atoms with Gasteiger partial charge in [-0.3, -0.25) is 0 Å². The highest BCUT2D eigenvalue weighted by molar-refractivity contribution is 5.67. The minimum atomic E-state index is -0.824. The van der Waals surface area contributed by atoms with E-state index in [1.807, 2.05) is 30.3 Å². The number of aliphatic hydroxyl groups is 1. The number of carbonyl (C=O) groups is 1. The maximum atomic E-state index is 11.6. The van der Waals surface area contributed by atoms with E-state index >= 15 is 0 Å². The minimum absolute atomic E-state index is 0.238. The summed E-state index contributed by atoms with van der Waals surface area (Å²) in [7, 11) is 0. The summed E-state index contributed by atoms with van der Waals surface area (Å²) in [4.78, 5) is 11.6. The Morgan fingerprint density at radius 3 is 2.90 bits per heavy atom. The fourth-order valence-corrected chi connectivity index (χ4v) is 2.30. The first kappa shape index (κ1) is 14.8. The zero-order valence-electron chi connectivity index (χ0n) is 11.6. The molecule has 1 amide bonds. The molecule has 0 spiro atoms. The molecule has 20 heavy (non-hydrogen) atoms. The molecule has 3 N–H and O–H groups in total. The summed E-state index contributed by atoms with van der Waals surface area (Å²) in [6.07, 6.45) is 1.77. The van der Waals surface area contributed by atoms with Crippen molar-refractivity contribution in [1.82, 2.24) is 10.6 Å². The minimum Gasteiger partial charge on any atom is -0.445 e. The molecule has 1 aliphatic heterocycles. The lowest BCUT2D eigenvalue weighted by Crippen LogP contribution is -2.43. The van der Waals surface area contributed by atoms with Crippen molar-refractivity contribution in [1.29, 1.82) is 0 Å². The number of carbonyl (C=O) groups excluding carboxylic acids is 1. The van der Waals surface area contributed by atoms with Gasteiger partial charge in [-0.15, -0.1) is 0 Å². The van der Waals surface area contributed by atoms with Crippen LogP contribution in [0.1, 0.15) is 24.8 Å². The second kappa shape index (κ2) is 7.26. The van der Waals surface area contributed by atoms with Crippen LogP contribution in [0.5, 0.6) is 0 Å². The zero-order chi connectivity index (χ0) is 14.3. The van der Waals surface area contributed by atoms with Crippen molar-refractivity contribution in [2.45, 2.75) is 31.5 Å². The molecule has 0 bridgehead atoms. The van der Waals surface area contributed by atoms with Gasteiger partial charge in [0, 0.05) is 6.54 Å². The zero-order valence-corrected chi connectivity index (χ0v) is 11.6. The molecule has 1 heterocycles. The Morgan fingerprint density at radius 2 is 2.10 bits per heavy atom. The number of benzene rings is 1. The number of hydrogen-bond donors (Lipinski definition) is 3. The van der Waals surface area contributed by atoms with Gasteiger partial charge in [0.2, 0.25) is 0 Å². The molecule has 0 radical (unpaired) electrons. The highest BCUT2D eigenvalue weighted by atomic mass is 16.5. The molecule has 5 heteroatoms. The summed E-state index contributed by atoms with van der Waals surface area (Å²) in [6, 6.07) is 9.52. The lowest BCUT2D eigenvalue weighted by molar-refractivity contribution is 0.0266. The quantitative estimate of drug-likeness (QED) is 0.779. The van der Waals surface area contributed by atoms with Gasteiger partial charge in [0.25, 0.3) is 0 Å². The highest BCUT2D eigenvalue weighted by Gasteiger charge is 2.28. The first-order valence-electron chi connectivity index (χ1n) is 7.06. The Balaban J connectivity index is 1.71. The second-order valence-electron chi connectivity index (χ2n) is 5.24. The van der Waals surface area contributed by atoms with E-state index in [9.17, 15) is 9.90 Å². The van der Waals surface area contributed by atoms with Crippen molar-refractivity contribution < 1.29 is 14.6 Å². The highest BCUT2D eigenvalue weighted by Crippen LogP contribution is 2.18. The molecule has 0 aliphatic carbocycles. The van der Waals surface area contributed by atoms with Crippen molar-refractivity contribution in [2.75, 3.05) is 19.6 Å². The molecule has 1 aliphatic rings. The number of hydrogen-bond acceptors (Lipinski definition) is 4. The average molecular weight is 278 g/mol. The molecule has 2 rings (SSSR count). The van der Waals surface area contributed by atoms with Crippen LogP contribution in [0.25, 0.3) is 0 Å². The van der Waals surface area contributed by atoms with Gasteiger partial charge in [0.1, 0.15) is 6.61 Å². The van der Waals surface area contributed by atoms with Gasteiger partial charge in [-0.25, -0.2) is 4.79 Å². The first-order valence-corrected chi connectivity index (χ1v) is 7.06. The van der Waals surface area contributed by atoms with Gasteiger partial charge in [0.05, 0.1) is 5.60 Å². The molecule has 0 unspecified atom stereocenters. The van der Waals surface area contributed by atoms with E-state index in [0.29, 0.717) is 12.8 Å². The monoisotopic (exact) mass is 278 g/mol. The summed E-state index contributed by atoms with van der Waals surface area (Å²) in [5.41, 5.74) is 0.120. The standard InChI is InChI=1S/C15H22N2O3/c18-14(20-11-13-5-2-1-3-6-13)17-12-15(19)7-4-9-16-10-8-15/h1-3,5-6,16,19H,4,7-12H2,(H,17,18)/t15-/m1/s1. The van der Waals surface area contributed by atoms with Crippen molar-refractivity contribution >= 4 is 6.09 Å². The van der Waals surface area contributed by atoms with Gasteiger partial charge in [-0.1, -0.05) is 30.3 Å². The third kappa shape index (κ3) is 4.83. The lowest BCUT2D eigenvalue weighted by atomic mass is 9.95. The van der Waals surface area contributed by atoms with Gasteiger partial charge in [-0.05, 0) is 37.9 Å². The number of alkyl carbamates (subject to hydrolysis) is 1. The summed E-state index contributed by atoms with van der Waals surface area (Å²) in [5.74, 6) is 0. The third-order valence-corrected chi connectivity index (χ3v) is 3.54. The Labute approximate surface area is 119 Å². The van der Waals surface area contributed by atoms with Crippen LogP contribution in [0.4, 0.5) is 4.79 Å². The number of rotatable bonds is 4. The van der Waals surface area contributed by atoms with Gasteiger partial charge >= 0.3 is 6.09 Å². The molecule has 0 saturated carbocycles. The molecule has 110 valence electrons. The van der Waals surface area contributed by atoms with E-state index in [-0.39, 0.29) is 13.2 Å². The predicted molar refractivity (Wildman–Crippen MR) is 76.3 cm³/mol. The van der Waals surface area contributed by atoms with Crippen molar-refractivity contribution in [3.63, 3.8) is 0 Å². The topological polar surface area (TPSA) is 70.6 Å². The summed E-state index contributed by atoms with van der Waals surface area (Å²) >= 11 is 0. The molecule has 1 aromatic carbocycles. The third-order valence-electron chi connectivity index (χ3n) is 3.54. The van der Waals surface area contributed by atoms with E-state index in [0.717, 1.165) is 25.1 Å². The number of ether oxygens (including phenoxy) is 1. The van der Waals surface area contributed by atoms with E-state index in [1.165, 1.54) is 0 Å². The number of nitrogens with one attached hydrogen (secondary N) is 2. The maximum Gasteiger partial charge on any atom is 0.407 e. The Morgan fingerprint density at radius 1 is 1.30 bits per heavy atom. The molecule has 1 atom stereocenters. The van der Waals surface area contributed by atoms with Crippen molar-refractivity contribution in [2.24, 2.45) is 0 Å². The van der Waals surface area contributed by atoms with E-state index < -0.39 is 11.7 Å². The van der Waals surface area contributed by atoms with Crippen LogP contribution in [0, 0.1) is 0 Å². The lowest BCUT2D eigenvalue weighted by Gasteiger charge is -2.26. The van der Waals surface area contributed by atoms with Crippen LogP contribution < -0.4 is 10.6 Å². The van der Waals surface area contributed by atoms with Gasteiger partial charge in [0.15, 0.2) is 0 Å². The second-order valence-corrected chi connectivity index (χ2v) is 5.24. The molecule has 5 nitrogen and oxygen atoms in total. The Bertz CT molecular complexity index is 414. The van der Waals surface area contributed by atoms with Crippen LogP contribution in [0.2, 0.25) is 0 Å². The van der Waals surface area contributed by atoms with Crippen molar-refractivity contribution in [3.8, 4) is 0 Å². The SMILES string of the molecule is O=C(NC[C@@]1(O)CCCNCC1)OCc1ccccc1. The van der Waals surface area contributed by atoms with E-state index in [2.05, 4.69) is 10.6 Å². The molecule has 1 aromatic rings. The van der Waals surface area contributed by atoms with Gasteiger partial charge < -0.3 is 20.5 Å². The predicted octanol–water partition coefficient (Wildman–Crippen LogP) is 1.42. The first-order chi connectivity index (χ1) is 9.68. The van der Waals surface area contributed by atoms with E-state index in [4.69, 9.17) is 4.74 Å². The smallest absolute Gasteiger partial charge is 0.407 e. The Hall–Kier alpha value is -1.59. The summed E-state index contributed by atoms with van der Waals surface area (Å²) in [5, 5.41) is 16.3. The molecular weight excluding hydrogens is 256 g/mol. The van der Waals surface area contributed by atoms with Crippen LogP contribution >= 0.6 is 0 Å². The van der Waals surface area contributed by atoms with Crippen LogP contribution in [0.3, 0.4) is 0 Å². The fourth-order valence-electron chi connectivity index (χ4n) is 2.30. The van der Waals surface area contributed by atoms with E-state index in [1.54, 1.807) is 0 Å². The molecule has 0 aromatic heterocycles. The molecule has 1 fully saturated rings. The fraction of sp³-hybridized carbons (Fsp3) is 0.533. The van der Waals surface area contributed by atoms with Crippen molar-refractivity contribution in [3.05, 3.63) is 35.9 Å². The normalized spacial score (nSPS) is 22.9.